The number of hydrogen-bond donors (Lipinski definition) is 1. The number of nitrogens with two attached hydrogens (primary N) is 1. The lowest BCUT2D eigenvalue weighted by Crippen LogP contribution is -1.82. The van der Waals surface area contributed by atoms with Gasteiger partial charge >= 0.3 is 0 Å². The molecule has 0 fully saturated rings. The highest BCUT2D eigenvalue weighted by atomic mass is 79.9. The van der Waals surface area contributed by atoms with Crippen molar-refractivity contribution in [3.63, 3.8) is 0 Å². The number of benzene rings is 1. The average molecular weight is 347 g/mol. The minimum Gasteiger partial charge on any atom is -0.461 e. The second-order valence-corrected chi connectivity index (χ2v) is 5.80. The quantitative estimate of drug-likeness (QED) is 0.535. The number of aryl methyl sites for hydroxylation is 2. The van der Waals surface area contributed by atoms with E-state index in [-0.39, 0.29) is 5.88 Å². The predicted molar refractivity (Wildman–Crippen MR) is 83.1 cm³/mol. The molecule has 3 heterocycles. The van der Waals surface area contributed by atoms with Gasteiger partial charge in [0.05, 0.1) is 10.0 Å². The van der Waals surface area contributed by atoms with Crippen LogP contribution < -0.4 is 5.73 Å². The number of aromatic nitrogens is 1. The molecular formula is C15H11BrN2O3. The summed E-state index contributed by atoms with van der Waals surface area (Å²) < 4.78 is 17.6. The summed E-state index contributed by atoms with van der Waals surface area (Å²) in [4.78, 5) is 0. The lowest BCUT2D eigenvalue weighted by molar-refractivity contribution is 0.439. The Morgan fingerprint density at radius 3 is 2.33 bits per heavy atom. The zero-order chi connectivity index (χ0) is 14.7. The summed E-state index contributed by atoms with van der Waals surface area (Å²) in [5.74, 6) is 1.89. The molecule has 0 aliphatic carbocycles. The largest absolute Gasteiger partial charge is 0.461 e. The summed E-state index contributed by atoms with van der Waals surface area (Å²) in [6.07, 6.45) is 0. The second kappa shape index (κ2) is 4.14. The van der Waals surface area contributed by atoms with Crippen LogP contribution in [0.1, 0.15) is 11.5 Å². The molecule has 1 aromatic carbocycles. The molecule has 106 valence electrons. The molecule has 4 aromatic rings. The molecule has 0 aliphatic rings. The van der Waals surface area contributed by atoms with Gasteiger partial charge in [-0.3, -0.25) is 0 Å². The van der Waals surface area contributed by atoms with Gasteiger partial charge in [0.1, 0.15) is 28.4 Å². The third-order valence-corrected chi connectivity index (χ3v) is 4.21. The third kappa shape index (κ3) is 1.72. The van der Waals surface area contributed by atoms with E-state index >= 15 is 0 Å². The van der Waals surface area contributed by atoms with E-state index < -0.39 is 0 Å². The Morgan fingerprint density at radius 1 is 1.00 bits per heavy atom. The van der Waals surface area contributed by atoms with Crippen LogP contribution >= 0.6 is 15.9 Å². The van der Waals surface area contributed by atoms with Crippen LogP contribution in [0.2, 0.25) is 0 Å². The Labute approximate surface area is 127 Å². The first-order chi connectivity index (χ1) is 10.0. The van der Waals surface area contributed by atoms with Gasteiger partial charge in [-0.1, -0.05) is 5.16 Å². The Hall–Kier alpha value is -2.21. The maximum absolute atomic E-state index is 5.87. The highest BCUT2D eigenvalue weighted by Gasteiger charge is 2.22. The fraction of sp³-hybridized carbons (Fsp3) is 0.133. The fourth-order valence-corrected chi connectivity index (χ4v) is 3.22. The SMILES string of the molecule is Cc1cc2c(-c3cc(N)on3)c3oc(C)cc3c(Br)c2o1. The average Bonchev–Trinajstić information content (AvgIpc) is 3.09. The van der Waals surface area contributed by atoms with Crippen LogP contribution in [0.3, 0.4) is 0 Å². The van der Waals surface area contributed by atoms with E-state index in [1.54, 1.807) is 6.07 Å². The van der Waals surface area contributed by atoms with Gasteiger partial charge in [0.15, 0.2) is 0 Å². The molecule has 0 radical (unpaired) electrons. The highest BCUT2D eigenvalue weighted by molar-refractivity contribution is 9.10. The molecular weight excluding hydrogens is 336 g/mol. The summed E-state index contributed by atoms with van der Waals surface area (Å²) in [7, 11) is 0. The van der Waals surface area contributed by atoms with Crippen LogP contribution in [0.4, 0.5) is 5.88 Å². The lowest BCUT2D eigenvalue weighted by atomic mass is 10.0. The van der Waals surface area contributed by atoms with Gasteiger partial charge in [0, 0.05) is 16.8 Å². The Bertz CT molecular complexity index is 936. The third-order valence-electron chi connectivity index (χ3n) is 3.43. The number of halogens is 1. The predicted octanol–water partition coefficient (Wildman–Crippen LogP) is 4.80. The molecule has 0 unspecified atom stereocenters. The number of rotatable bonds is 1. The topological polar surface area (TPSA) is 78.3 Å². The van der Waals surface area contributed by atoms with Crippen molar-refractivity contribution in [2.75, 3.05) is 5.73 Å². The van der Waals surface area contributed by atoms with Crippen molar-refractivity contribution < 1.29 is 13.4 Å². The highest BCUT2D eigenvalue weighted by Crippen LogP contribution is 2.43. The van der Waals surface area contributed by atoms with Crippen LogP contribution in [0, 0.1) is 13.8 Å². The molecule has 0 saturated heterocycles. The minimum atomic E-state index is 0.262. The molecule has 2 N–H and O–H groups in total. The van der Waals surface area contributed by atoms with Crippen molar-refractivity contribution in [1.29, 1.82) is 0 Å². The number of anilines is 1. The normalized spacial score (nSPS) is 11.8. The van der Waals surface area contributed by atoms with E-state index in [9.17, 15) is 0 Å². The van der Waals surface area contributed by atoms with E-state index in [0.717, 1.165) is 43.5 Å². The minimum absolute atomic E-state index is 0.262. The number of nitrogens with zero attached hydrogens (tertiary/aromatic N) is 1. The fourth-order valence-electron chi connectivity index (χ4n) is 2.63. The molecule has 3 aromatic heterocycles. The van der Waals surface area contributed by atoms with Gasteiger partial charge in [-0.25, -0.2) is 0 Å². The summed E-state index contributed by atoms with van der Waals surface area (Å²) >= 11 is 3.60. The monoisotopic (exact) mass is 346 g/mol. The molecule has 5 nitrogen and oxygen atoms in total. The van der Waals surface area contributed by atoms with Crippen LogP contribution in [-0.4, -0.2) is 5.16 Å². The maximum atomic E-state index is 5.87. The lowest BCUT2D eigenvalue weighted by Gasteiger charge is -2.02. The molecule has 0 amide bonds. The van der Waals surface area contributed by atoms with Gasteiger partial charge in [-0.15, -0.1) is 0 Å². The van der Waals surface area contributed by atoms with Crippen molar-refractivity contribution in [3.05, 3.63) is 34.2 Å². The summed E-state index contributed by atoms with van der Waals surface area (Å²) in [5.41, 5.74) is 8.61. The van der Waals surface area contributed by atoms with E-state index in [1.165, 1.54) is 0 Å². The van der Waals surface area contributed by atoms with Gasteiger partial charge in [-0.05, 0) is 41.9 Å². The van der Waals surface area contributed by atoms with Gasteiger partial charge in [0.25, 0.3) is 0 Å². The van der Waals surface area contributed by atoms with Crippen molar-refractivity contribution in [2.24, 2.45) is 0 Å². The first-order valence-electron chi connectivity index (χ1n) is 6.39. The molecule has 21 heavy (non-hydrogen) atoms. The van der Waals surface area contributed by atoms with Gasteiger partial charge in [0.2, 0.25) is 5.88 Å². The van der Waals surface area contributed by atoms with Crippen molar-refractivity contribution in [1.82, 2.24) is 5.16 Å². The number of fused-ring (bicyclic) bond motifs is 2. The van der Waals surface area contributed by atoms with E-state index in [4.69, 9.17) is 19.1 Å². The molecule has 4 rings (SSSR count). The zero-order valence-corrected chi connectivity index (χ0v) is 12.9. The molecule has 0 atom stereocenters. The van der Waals surface area contributed by atoms with E-state index in [2.05, 4.69) is 21.1 Å². The molecule has 0 spiro atoms. The second-order valence-electron chi connectivity index (χ2n) is 5.00. The van der Waals surface area contributed by atoms with Crippen LogP contribution in [0.5, 0.6) is 0 Å². The van der Waals surface area contributed by atoms with Crippen molar-refractivity contribution in [2.45, 2.75) is 13.8 Å². The van der Waals surface area contributed by atoms with Crippen LogP contribution in [-0.2, 0) is 0 Å². The molecule has 0 aliphatic heterocycles. The number of nitrogen functional groups attached to an aromatic ring is 1. The van der Waals surface area contributed by atoms with Crippen molar-refractivity contribution >= 4 is 43.8 Å². The molecule has 6 heteroatoms. The molecule has 0 bridgehead atoms. The van der Waals surface area contributed by atoms with Crippen LogP contribution in [0.15, 0.2) is 36.0 Å². The van der Waals surface area contributed by atoms with Crippen molar-refractivity contribution in [3.8, 4) is 11.3 Å². The zero-order valence-electron chi connectivity index (χ0n) is 11.4. The van der Waals surface area contributed by atoms with Crippen LogP contribution in [0.25, 0.3) is 33.2 Å². The standard InChI is InChI=1S/C15H11BrN2O3/c1-6-3-8-12(10-5-11(17)21-18-10)14-9(4-7(2)19-14)13(16)15(8)20-6/h3-5H,17H2,1-2H3. The maximum Gasteiger partial charge on any atom is 0.222 e. The first-order valence-corrected chi connectivity index (χ1v) is 7.18. The summed E-state index contributed by atoms with van der Waals surface area (Å²) in [6.45, 7) is 3.81. The summed E-state index contributed by atoms with van der Waals surface area (Å²) in [5, 5.41) is 5.87. The number of furan rings is 2. The Balaban J connectivity index is 2.25. The van der Waals surface area contributed by atoms with E-state index in [1.807, 2.05) is 26.0 Å². The number of hydrogen-bond acceptors (Lipinski definition) is 5. The van der Waals surface area contributed by atoms with Gasteiger partial charge in [-0.2, -0.15) is 0 Å². The Morgan fingerprint density at radius 2 is 1.67 bits per heavy atom. The van der Waals surface area contributed by atoms with E-state index in [0.29, 0.717) is 5.69 Å². The smallest absolute Gasteiger partial charge is 0.222 e. The molecule has 0 saturated carbocycles. The van der Waals surface area contributed by atoms with Gasteiger partial charge < -0.3 is 19.1 Å². The summed E-state index contributed by atoms with van der Waals surface area (Å²) in [6, 6.07) is 5.60. The first kappa shape index (κ1) is 12.5. The Kier molecular flexibility index (Phi) is 2.47.